The molecular formula is C26H30N4O4. The summed E-state index contributed by atoms with van der Waals surface area (Å²) in [6.45, 7) is 6.06. The summed E-state index contributed by atoms with van der Waals surface area (Å²) in [6.07, 6.45) is 0.403. The van der Waals surface area contributed by atoms with Gasteiger partial charge in [0.15, 0.2) is 11.5 Å². The molecule has 2 heterocycles. The van der Waals surface area contributed by atoms with E-state index in [4.69, 9.17) is 9.26 Å². The lowest BCUT2D eigenvalue weighted by molar-refractivity contribution is -0.135. The van der Waals surface area contributed by atoms with Crippen molar-refractivity contribution in [3.05, 3.63) is 71.9 Å². The van der Waals surface area contributed by atoms with Crippen molar-refractivity contribution in [2.75, 3.05) is 39.8 Å². The Bertz CT molecular complexity index is 1110. The maximum Gasteiger partial charge on any atom is 0.274 e. The summed E-state index contributed by atoms with van der Waals surface area (Å²) in [5, 5.41) is 6.84. The summed E-state index contributed by atoms with van der Waals surface area (Å²) < 4.78 is 10.7. The van der Waals surface area contributed by atoms with Crippen molar-refractivity contribution in [1.29, 1.82) is 0 Å². The molecule has 0 radical (unpaired) electrons. The van der Waals surface area contributed by atoms with E-state index in [1.807, 2.05) is 53.4 Å². The number of methoxy groups -OCH3 is 1. The van der Waals surface area contributed by atoms with Crippen LogP contribution in [0.5, 0.6) is 5.75 Å². The van der Waals surface area contributed by atoms with Crippen LogP contribution in [-0.4, -0.2) is 72.6 Å². The summed E-state index contributed by atoms with van der Waals surface area (Å²) in [5.41, 5.74) is 1.85. The highest BCUT2D eigenvalue weighted by molar-refractivity contribution is 5.96. The molecule has 2 aromatic carbocycles. The van der Waals surface area contributed by atoms with Crippen molar-refractivity contribution in [3.63, 3.8) is 0 Å². The first-order valence-electron chi connectivity index (χ1n) is 11.5. The molecular weight excluding hydrogens is 432 g/mol. The average molecular weight is 463 g/mol. The lowest BCUT2D eigenvalue weighted by atomic mass is 10.0. The first kappa shape index (κ1) is 23.5. The van der Waals surface area contributed by atoms with Gasteiger partial charge in [-0.2, -0.15) is 0 Å². The third-order valence-electron chi connectivity index (χ3n) is 6.11. The molecule has 0 saturated carbocycles. The molecule has 8 heteroatoms. The summed E-state index contributed by atoms with van der Waals surface area (Å²) in [5.74, 6) is 0.603. The van der Waals surface area contributed by atoms with Crippen LogP contribution in [0.4, 0.5) is 0 Å². The second-order valence-corrected chi connectivity index (χ2v) is 8.28. The zero-order valence-corrected chi connectivity index (χ0v) is 19.6. The normalized spacial score (nSPS) is 15.1. The molecule has 1 fully saturated rings. The standard InChI is InChI=1S/C26H30N4O4/c1-3-29-12-14-30(15-13-29)26(32)23(16-19-8-5-4-6-9-19)27-25(31)22-18-24(34-28-22)20-10-7-11-21(17-20)33-2/h4-11,17-18,23H,3,12-16H2,1-2H3,(H,27,31)/t23-/m0/s1. The first-order chi connectivity index (χ1) is 16.6. The molecule has 1 saturated heterocycles. The Morgan fingerprint density at radius 2 is 1.82 bits per heavy atom. The minimum atomic E-state index is -0.694. The zero-order valence-electron chi connectivity index (χ0n) is 19.6. The maximum absolute atomic E-state index is 13.4. The van der Waals surface area contributed by atoms with Gasteiger partial charge in [0.05, 0.1) is 7.11 Å². The summed E-state index contributed by atoms with van der Waals surface area (Å²) in [4.78, 5) is 30.6. The lowest BCUT2D eigenvalue weighted by Gasteiger charge is -2.36. The van der Waals surface area contributed by atoms with Gasteiger partial charge in [-0.1, -0.05) is 54.5 Å². The number of nitrogens with zero attached hydrogens (tertiary/aromatic N) is 3. The fraction of sp³-hybridized carbons (Fsp3) is 0.346. The number of amides is 2. The van der Waals surface area contributed by atoms with Crippen LogP contribution in [0.15, 0.2) is 65.2 Å². The van der Waals surface area contributed by atoms with E-state index in [1.165, 1.54) is 0 Å². The third-order valence-corrected chi connectivity index (χ3v) is 6.11. The van der Waals surface area contributed by atoms with Crippen LogP contribution >= 0.6 is 0 Å². The van der Waals surface area contributed by atoms with Gasteiger partial charge in [-0.05, 0) is 24.2 Å². The third kappa shape index (κ3) is 5.63. The Balaban J connectivity index is 1.50. The fourth-order valence-corrected chi connectivity index (χ4v) is 4.08. The Morgan fingerprint density at radius 3 is 2.53 bits per heavy atom. The molecule has 8 nitrogen and oxygen atoms in total. The van der Waals surface area contributed by atoms with E-state index < -0.39 is 11.9 Å². The molecule has 3 aromatic rings. The van der Waals surface area contributed by atoms with Gasteiger partial charge in [0, 0.05) is 44.2 Å². The fourth-order valence-electron chi connectivity index (χ4n) is 4.08. The molecule has 1 aliphatic heterocycles. The molecule has 34 heavy (non-hydrogen) atoms. The van der Waals surface area contributed by atoms with Gasteiger partial charge in [0.2, 0.25) is 5.91 Å². The first-order valence-corrected chi connectivity index (χ1v) is 11.5. The number of carbonyl (C=O) groups excluding carboxylic acids is 2. The molecule has 0 bridgehead atoms. The van der Waals surface area contributed by atoms with Crippen molar-refractivity contribution in [2.24, 2.45) is 0 Å². The molecule has 0 unspecified atom stereocenters. The van der Waals surface area contributed by atoms with Crippen LogP contribution in [0.3, 0.4) is 0 Å². The number of hydrogen-bond acceptors (Lipinski definition) is 6. The Kier molecular flexibility index (Phi) is 7.59. The van der Waals surface area contributed by atoms with Crippen LogP contribution in [0, 0.1) is 0 Å². The number of aromatic nitrogens is 1. The molecule has 0 aliphatic carbocycles. The number of piperazine rings is 1. The van der Waals surface area contributed by atoms with E-state index in [-0.39, 0.29) is 11.6 Å². The molecule has 1 N–H and O–H groups in total. The van der Waals surface area contributed by atoms with Crippen LogP contribution in [0.25, 0.3) is 11.3 Å². The molecule has 1 aliphatic rings. The topological polar surface area (TPSA) is 87.9 Å². The van der Waals surface area contributed by atoms with Gasteiger partial charge in [-0.15, -0.1) is 0 Å². The molecule has 0 spiro atoms. The van der Waals surface area contributed by atoms with Crippen molar-refractivity contribution in [1.82, 2.24) is 20.3 Å². The summed E-state index contributed by atoms with van der Waals surface area (Å²) in [7, 11) is 1.59. The highest BCUT2D eigenvalue weighted by Gasteiger charge is 2.29. The summed E-state index contributed by atoms with van der Waals surface area (Å²) >= 11 is 0. The Morgan fingerprint density at radius 1 is 1.06 bits per heavy atom. The number of benzene rings is 2. The van der Waals surface area contributed by atoms with E-state index in [0.717, 1.165) is 30.8 Å². The highest BCUT2D eigenvalue weighted by Crippen LogP contribution is 2.24. The molecule has 1 aromatic heterocycles. The second kappa shape index (κ2) is 11.0. The van der Waals surface area contributed by atoms with Gasteiger partial charge in [-0.3, -0.25) is 9.59 Å². The van der Waals surface area contributed by atoms with Crippen molar-refractivity contribution < 1.29 is 18.8 Å². The van der Waals surface area contributed by atoms with Crippen LogP contribution in [0.1, 0.15) is 23.0 Å². The predicted octanol–water partition coefficient (Wildman–Crippen LogP) is 2.86. The van der Waals surface area contributed by atoms with Gasteiger partial charge in [0.1, 0.15) is 11.8 Å². The monoisotopic (exact) mass is 462 g/mol. The van der Waals surface area contributed by atoms with Crippen molar-refractivity contribution in [2.45, 2.75) is 19.4 Å². The minimum absolute atomic E-state index is 0.0792. The number of carbonyl (C=O) groups is 2. The second-order valence-electron chi connectivity index (χ2n) is 8.28. The molecule has 4 rings (SSSR count). The Labute approximate surface area is 199 Å². The minimum Gasteiger partial charge on any atom is -0.497 e. The van der Waals surface area contributed by atoms with Crippen LogP contribution < -0.4 is 10.1 Å². The highest BCUT2D eigenvalue weighted by atomic mass is 16.5. The Hall–Kier alpha value is -3.65. The molecule has 178 valence electrons. The smallest absolute Gasteiger partial charge is 0.274 e. The van der Waals surface area contributed by atoms with E-state index in [1.54, 1.807) is 19.2 Å². The quantitative estimate of drug-likeness (QED) is 0.554. The van der Waals surface area contributed by atoms with Crippen LogP contribution in [-0.2, 0) is 11.2 Å². The van der Waals surface area contributed by atoms with Crippen molar-refractivity contribution in [3.8, 4) is 17.1 Å². The van der Waals surface area contributed by atoms with E-state index in [9.17, 15) is 9.59 Å². The number of nitrogens with one attached hydrogen (secondary N) is 1. The number of rotatable bonds is 8. The summed E-state index contributed by atoms with van der Waals surface area (Å²) in [6, 6.07) is 17.9. The maximum atomic E-state index is 13.4. The predicted molar refractivity (Wildman–Crippen MR) is 129 cm³/mol. The lowest BCUT2D eigenvalue weighted by Crippen LogP contribution is -2.55. The number of ether oxygens (including phenoxy) is 1. The average Bonchev–Trinajstić information content (AvgIpc) is 3.39. The number of hydrogen-bond donors (Lipinski definition) is 1. The van der Waals surface area contributed by atoms with Gasteiger partial charge < -0.3 is 24.4 Å². The SMILES string of the molecule is CCN1CCN(C(=O)[C@H](Cc2ccccc2)NC(=O)c2cc(-c3cccc(OC)c3)on2)CC1. The van der Waals surface area contributed by atoms with Gasteiger partial charge in [0.25, 0.3) is 5.91 Å². The van der Waals surface area contributed by atoms with E-state index in [0.29, 0.717) is 31.0 Å². The van der Waals surface area contributed by atoms with E-state index in [2.05, 4.69) is 22.3 Å². The van der Waals surface area contributed by atoms with Gasteiger partial charge >= 0.3 is 0 Å². The van der Waals surface area contributed by atoms with Crippen LogP contribution in [0.2, 0.25) is 0 Å². The zero-order chi connectivity index (χ0) is 23.9. The largest absolute Gasteiger partial charge is 0.497 e. The molecule has 1 atom stereocenters. The molecule has 2 amide bonds. The van der Waals surface area contributed by atoms with Crippen molar-refractivity contribution >= 4 is 11.8 Å². The van der Waals surface area contributed by atoms with Gasteiger partial charge in [-0.25, -0.2) is 0 Å². The number of likely N-dealkylation sites (N-methyl/N-ethyl adjacent to an activating group) is 1. The van der Waals surface area contributed by atoms with E-state index >= 15 is 0 Å².